The summed E-state index contributed by atoms with van der Waals surface area (Å²) in [5.41, 5.74) is 3.93. The van der Waals surface area contributed by atoms with Crippen LogP contribution in [-0.4, -0.2) is 24.9 Å². The van der Waals surface area contributed by atoms with Crippen molar-refractivity contribution in [3.05, 3.63) is 76.4 Å². The smallest absolute Gasteiger partial charge is 0.338 e. The molecule has 2 amide bonds. The standard InChI is InChI=1S/C25H27NO4/c1-7-9-18-16(14(2)3)12-13-17(15(4)5)22(18)26-23(27)19-10-8-11-20(25(29)30-6)21(19)24(26)28/h7-8,10-15H,1,9H2,2-6H3. The minimum Gasteiger partial charge on any atom is -0.465 e. The number of carbonyl (C=O) groups excluding carboxylic acids is 3. The van der Waals surface area contributed by atoms with Gasteiger partial charge in [-0.15, -0.1) is 6.58 Å². The summed E-state index contributed by atoms with van der Waals surface area (Å²) in [6.45, 7) is 12.1. The number of imide groups is 1. The predicted molar refractivity (Wildman–Crippen MR) is 117 cm³/mol. The second-order valence-corrected chi connectivity index (χ2v) is 8.04. The fourth-order valence-electron chi connectivity index (χ4n) is 4.07. The van der Waals surface area contributed by atoms with Crippen LogP contribution in [0.5, 0.6) is 0 Å². The van der Waals surface area contributed by atoms with Crippen LogP contribution in [-0.2, 0) is 11.2 Å². The van der Waals surface area contributed by atoms with Crippen molar-refractivity contribution in [3.63, 3.8) is 0 Å². The topological polar surface area (TPSA) is 63.7 Å². The zero-order chi connectivity index (χ0) is 22.2. The summed E-state index contributed by atoms with van der Waals surface area (Å²) in [5, 5.41) is 0. The van der Waals surface area contributed by atoms with Crippen LogP contribution >= 0.6 is 0 Å². The molecule has 0 spiro atoms. The van der Waals surface area contributed by atoms with Crippen LogP contribution < -0.4 is 4.90 Å². The summed E-state index contributed by atoms with van der Waals surface area (Å²) in [7, 11) is 1.26. The van der Waals surface area contributed by atoms with Gasteiger partial charge in [-0.25, -0.2) is 9.69 Å². The first-order valence-electron chi connectivity index (χ1n) is 10.1. The molecule has 0 fully saturated rings. The number of esters is 1. The summed E-state index contributed by atoms with van der Waals surface area (Å²) < 4.78 is 4.83. The molecule has 0 aromatic heterocycles. The Morgan fingerprint density at radius 1 is 1.03 bits per heavy atom. The number of fused-ring (bicyclic) bond motifs is 1. The molecule has 1 aliphatic rings. The van der Waals surface area contributed by atoms with E-state index in [2.05, 4.69) is 26.5 Å². The molecule has 2 aromatic carbocycles. The quantitative estimate of drug-likeness (QED) is 0.374. The monoisotopic (exact) mass is 405 g/mol. The molecule has 30 heavy (non-hydrogen) atoms. The molecule has 0 saturated heterocycles. The highest BCUT2D eigenvalue weighted by Gasteiger charge is 2.42. The van der Waals surface area contributed by atoms with E-state index in [1.54, 1.807) is 18.2 Å². The normalized spacial score (nSPS) is 13.2. The fourth-order valence-corrected chi connectivity index (χ4v) is 4.07. The van der Waals surface area contributed by atoms with Crippen LogP contribution in [0.3, 0.4) is 0 Å². The fraction of sp³-hybridized carbons (Fsp3) is 0.320. The minimum absolute atomic E-state index is 0.0918. The van der Waals surface area contributed by atoms with Crippen LogP contribution in [0.2, 0.25) is 0 Å². The second kappa shape index (κ2) is 8.27. The molecular formula is C25H27NO4. The molecule has 1 heterocycles. The van der Waals surface area contributed by atoms with Crippen LogP contribution in [0.15, 0.2) is 43.0 Å². The number of amides is 2. The van der Waals surface area contributed by atoms with Crippen molar-refractivity contribution in [2.75, 3.05) is 12.0 Å². The van der Waals surface area contributed by atoms with E-state index >= 15 is 0 Å². The molecule has 5 heteroatoms. The Morgan fingerprint density at radius 2 is 1.67 bits per heavy atom. The Balaban J connectivity index is 2.31. The van der Waals surface area contributed by atoms with Gasteiger partial charge in [-0.2, -0.15) is 0 Å². The number of benzene rings is 2. The molecule has 1 aliphatic heterocycles. The molecule has 0 radical (unpaired) electrons. The number of anilines is 1. The zero-order valence-corrected chi connectivity index (χ0v) is 18.1. The Morgan fingerprint density at radius 3 is 2.23 bits per heavy atom. The van der Waals surface area contributed by atoms with Gasteiger partial charge < -0.3 is 4.74 Å². The molecule has 0 bridgehead atoms. The third-order valence-corrected chi connectivity index (χ3v) is 5.49. The molecule has 3 rings (SSSR count). The molecule has 0 N–H and O–H groups in total. The number of hydrogen-bond donors (Lipinski definition) is 0. The number of ether oxygens (including phenoxy) is 1. The maximum absolute atomic E-state index is 13.5. The molecule has 2 aromatic rings. The van der Waals surface area contributed by atoms with E-state index < -0.39 is 17.8 Å². The Hall–Kier alpha value is -3.21. The van der Waals surface area contributed by atoms with Crippen molar-refractivity contribution in [1.29, 1.82) is 0 Å². The first-order chi connectivity index (χ1) is 14.2. The van der Waals surface area contributed by atoms with Gasteiger partial charge in [0, 0.05) is 0 Å². The van der Waals surface area contributed by atoms with Gasteiger partial charge in [0.15, 0.2) is 0 Å². The van der Waals surface area contributed by atoms with E-state index in [9.17, 15) is 14.4 Å². The summed E-state index contributed by atoms with van der Waals surface area (Å²) in [6, 6.07) is 8.75. The largest absolute Gasteiger partial charge is 0.465 e. The first-order valence-corrected chi connectivity index (χ1v) is 10.1. The number of nitrogens with zero attached hydrogens (tertiary/aromatic N) is 1. The maximum Gasteiger partial charge on any atom is 0.338 e. The second-order valence-electron chi connectivity index (χ2n) is 8.04. The van der Waals surface area contributed by atoms with Crippen LogP contribution in [0.1, 0.15) is 87.3 Å². The van der Waals surface area contributed by atoms with Crippen molar-refractivity contribution in [2.24, 2.45) is 0 Å². The zero-order valence-electron chi connectivity index (χ0n) is 18.1. The predicted octanol–water partition coefficient (Wildman–Crippen LogP) is 5.25. The van der Waals surface area contributed by atoms with E-state index in [4.69, 9.17) is 4.74 Å². The van der Waals surface area contributed by atoms with Crippen molar-refractivity contribution < 1.29 is 19.1 Å². The van der Waals surface area contributed by atoms with Crippen LogP contribution in [0.25, 0.3) is 0 Å². The lowest BCUT2D eigenvalue weighted by atomic mass is 9.87. The molecule has 0 unspecified atom stereocenters. The molecule has 0 aliphatic carbocycles. The third kappa shape index (κ3) is 3.34. The van der Waals surface area contributed by atoms with E-state index in [0.29, 0.717) is 12.1 Å². The average Bonchev–Trinajstić information content (AvgIpc) is 2.97. The average molecular weight is 405 g/mol. The Bertz CT molecular complexity index is 1050. The number of rotatable bonds is 6. The van der Waals surface area contributed by atoms with Crippen molar-refractivity contribution in [3.8, 4) is 0 Å². The highest BCUT2D eigenvalue weighted by Crippen LogP contribution is 2.41. The lowest BCUT2D eigenvalue weighted by Gasteiger charge is -2.27. The number of hydrogen-bond acceptors (Lipinski definition) is 4. The van der Waals surface area contributed by atoms with Gasteiger partial charge in [-0.3, -0.25) is 9.59 Å². The van der Waals surface area contributed by atoms with E-state index in [-0.39, 0.29) is 28.5 Å². The van der Waals surface area contributed by atoms with E-state index in [1.165, 1.54) is 18.1 Å². The van der Waals surface area contributed by atoms with Gasteiger partial charge in [0.25, 0.3) is 11.8 Å². The molecule has 0 atom stereocenters. The highest BCUT2D eigenvalue weighted by molar-refractivity contribution is 6.36. The Kier molecular flexibility index (Phi) is 5.92. The van der Waals surface area contributed by atoms with Gasteiger partial charge in [0.1, 0.15) is 0 Å². The third-order valence-electron chi connectivity index (χ3n) is 5.49. The van der Waals surface area contributed by atoms with Gasteiger partial charge in [-0.05, 0) is 47.1 Å². The van der Waals surface area contributed by atoms with E-state index in [1.807, 2.05) is 19.9 Å². The highest BCUT2D eigenvalue weighted by atomic mass is 16.5. The lowest BCUT2D eigenvalue weighted by Crippen LogP contribution is -2.32. The van der Waals surface area contributed by atoms with Crippen molar-refractivity contribution in [1.82, 2.24) is 0 Å². The Labute approximate surface area is 177 Å². The first kappa shape index (κ1) is 21.5. The minimum atomic E-state index is -0.638. The van der Waals surface area contributed by atoms with Gasteiger partial charge in [0.05, 0.1) is 29.5 Å². The number of methoxy groups -OCH3 is 1. The van der Waals surface area contributed by atoms with Crippen molar-refractivity contribution >= 4 is 23.5 Å². The van der Waals surface area contributed by atoms with Crippen molar-refractivity contribution in [2.45, 2.75) is 46.0 Å². The van der Waals surface area contributed by atoms with Gasteiger partial charge in [-0.1, -0.05) is 52.0 Å². The van der Waals surface area contributed by atoms with E-state index in [0.717, 1.165) is 16.7 Å². The molecule has 156 valence electrons. The summed E-state index contributed by atoms with van der Waals surface area (Å²) in [5.74, 6) is -1.26. The summed E-state index contributed by atoms with van der Waals surface area (Å²) in [6.07, 6.45) is 2.31. The number of carbonyl (C=O) groups is 3. The van der Waals surface area contributed by atoms with Crippen LogP contribution in [0.4, 0.5) is 5.69 Å². The molecule has 0 saturated carbocycles. The molecule has 5 nitrogen and oxygen atoms in total. The number of allylic oxidation sites excluding steroid dienone is 1. The SMILES string of the molecule is C=CCc1c(C(C)C)ccc(C(C)C)c1N1C(=O)c2cccc(C(=O)OC)c2C1=O. The van der Waals surface area contributed by atoms with Gasteiger partial charge >= 0.3 is 5.97 Å². The summed E-state index contributed by atoms with van der Waals surface area (Å²) in [4.78, 5) is 40.4. The maximum atomic E-state index is 13.5. The van der Waals surface area contributed by atoms with Crippen LogP contribution in [0, 0.1) is 0 Å². The lowest BCUT2D eigenvalue weighted by molar-refractivity contribution is 0.0597. The molecular weight excluding hydrogens is 378 g/mol. The van der Waals surface area contributed by atoms with Gasteiger partial charge in [0.2, 0.25) is 0 Å². The summed E-state index contributed by atoms with van der Waals surface area (Å²) >= 11 is 0.